The van der Waals surface area contributed by atoms with Crippen molar-refractivity contribution in [1.29, 1.82) is 0 Å². The summed E-state index contributed by atoms with van der Waals surface area (Å²) in [6, 6.07) is 14.6. The van der Waals surface area contributed by atoms with E-state index in [4.69, 9.17) is 14.6 Å². The van der Waals surface area contributed by atoms with Crippen molar-refractivity contribution in [2.24, 2.45) is 0 Å². The van der Waals surface area contributed by atoms with Crippen LogP contribution in [0.25, 0.3) is 0 Å². The van der Waals surface area contributed by atoms with Crippen molar-refractivity contribution in [1.82, 2.24) is 5.32 Å². The summed E-state index contributed by atoms with van der Waals surface area (Å²) >= 11 is 0. The van der Waals surface area contributed by atoms with Crippen LogP contribution in [-0.4, -0.2) is 35.9 Å². The Balaban J connectivity index is 1.86. The Labute approximate surface area is 171 Å². The van der Waals surface area contributed by atoms with Gasteiger partial charge in [-0.1, -0.05) is 24.3 Å². The molecule has 7 nitrogen and oxygen atoms in total. The van der Waals surface area contributed by atoms with Crippen LogP contribution in [0.4, 0.5) is 10.5 Å². The number of benzene rings is 2. The predicted molar refractivity (Wildman–Crippen MR) is 111 cm³/mol. The Kier molecular flexibility index (Phi) is 8.03. The maximum absolute atomic E-state index is 11.9. The minimum absolute atomic E-state index is 0.0764. The van der Waals surface area contributed by atoms with Gasteiger partial charge in [-0.2, -0.15) is 0 Å². The fourth-order valence-electron chi connectivity index (χ4n) is 2.47. The molecule has 0 unspecified atom stereocenters. The van der Waals surface area contributed by atoms with Gasteiger partial charge in [0.05, 0.1) is 13.0 Å². The summed E-state index contributed by atoms with van der Waals surface area (Å²) in [6.07, 6.45) is -0.257. The Morgan fingerprint density at radius 2 is 1.76 bits per heavy atom. The lowest BCUT2D eigenvalue weighted by atomic mass is 10.1. The van der Waals surface area contributed by atoms with Crippen molar-refractivity contribution in [3.05, 3.63) is 59.7 Å². The van der Waals surface area contributed by atoms with Crippen LogP contribution in [0.3, 0.4) is 0 Å². The van der Waals surface area contributed by atoms with E-state index in [1.165, 1.54) is 0 Å². The average Bonchev–Trinajstić information content (AvgIpc) is 2.64. The molecule has 0 spiro atoms. The van der Waals surface area contributed by atoms with E-state index in [1.807, 2.05) is 51.1 Å². The van der Waals surface area contributed by atoms with Gasteiger partial charge in [0.2, 0.25) is 5.91 Å². The summed E-state index contributed by atoms with van der Waals surface area (Å²) in [7, 11) is 0. The average molecular weight is 400 g/mol. The van der Waals surface area contributed by atoms with Gasteiger partial charge in [0.25, 0.3) is 0 Å². The summed E-state index contributed by atoms with van der Waals surface area (Å²) in [6.45, 7) is 5.94. The third-order valence-electron chi connectivity index (χ3n) is 3.70. The summed E-state index contributed by atoms with van der Waals surface area (Å²) in [5, 5.41) is 14.0. The molecule has 2 amide bonds. The third-order valence-corrected chi connectivity index (χ3v) is 3.70. The summed E-state index contributed by atoms with van der Waals surface area (Å²) in [5.74, 6) is 0.539. The lowest BCUT2D eigenvalue weighted by Crippen LogP contribution is -2.27. The molecule has 0 bridgehead atoms. The molecule has 7 heteroatoms. The third kappa shape index (κ3) is 8.66. The van der Waals surface area contributed by atoms with Gasteiger partial charge in [0.1, 0.15) is 18.0 Å². The van der Waals surface area contributed by atoms with Crippen LogP contribution in [0.2, 0.25) is 0 Å². The molecule has 0 fully saturated rings. The molecule has 0 atom stereocenters. The molecule has 0 saturated carbocycles. The Bertz CT molecular complexity index is 813. The quantitative estimate of drug-likeness (QED) is 0.632. The molecular weight excluding hydrogens is 372 g/mol. The molecule has 3 N–H and O–H groups in total. The predicted octanol–water partition coefficient (Wildman–Crippen LogP) is 3.26. The van der Waals surface area contributed by atoms with E-state index in [-0.39, 0.29) is 25.5 Å². The maximum atomic E-state index is 11.9. The number of amides is 2. The highest BCUT2D eigenvalue weighted by Gasteiger charge is 2.16. The van der Waals surface area contributed by atoms with Gasteiger partial charge in [-0.3, -0.25) is 10.1 Å². The summed E-state index contributed by atoms with van der Waals surface area (Å²) in [4.78, 5) is 23.5. The number of nitrogens with one attached hydrogen (secondary N) is 2. The second-order valence-electron chi connectivity index (χ2n) is 7.51. The summed E-state index contributed by atoms with van der Waals surface area (Å²) < 4.78 is 11.0. The van der Waals surface area contributed by atoms with E-state index < -0.39 is 11.7 Å². The number of hydrogen-bond acceptors (Lipinski definition) is 5. The molecule has 0 aliphatic rings. The van der Waals surface area contributed by atoms with E-state index in [2.05, 4.69) is 10.6 Å². The number of anilines is 1. The fraction of sp³-hybridized carbons (Fsp3) is 0.364. The first kappa shape index (κ1) is 22.2. The molecular formula is C22H28N2O5. The number of hydrogen-bond donors (Lipinski definition) is 3. The molecule has 0 saturated heterocycles. The number of carbonyl (C=O) groups is 2. The highest BCUT2D eigenvalue weighted by atomic mass is 16.6. The monoisotopic (exact) mass is 400 g/mol. The number of carbonyl (C=O) groups excluding carboxylic acids is 2. The summed E-state index contributed by atoms with van der Waals surface area (Å²) in [5.41, 5.74) is 1.82. The molecule has 0 heterocycles. The van der Waals surface area contributed by atoms with Crippen LogP contribution in [-0.2, 0) is 22.6 Å². The number of aliphatic hydroxyl groups excluding tert-OH is 1. The Morgan fingerprint density at radius 3 is 2.41 bits per heavy atom. The van der Waals surface area contributed by atoms with Crippen molar-refractivity contribution >= 4 is 17.7 Å². The molecule has 2 rings (SSSR count). The highest BCUT2D eigenvalue weighted by Crippen LogP contribution is 2.17. The Morgan fingerprint density at radius 1 is 1.03 bits per heavy atom. The standard InChI is InChI=1S/C22H28N2O5/c1-22(2,3)29-21(27)24-18-6-4-5-17(13-18)15-28-19-9-7-16(8-10-19)14-20(26)23-11-12-25/h4-10,13,25H,11-12,14-15H2,1-3H3,(H,23,26)(H,24,27). The van der Waals surface area contributed by atoms with Gasteiger partial charge in [0.15, 0.2) is 0 Å². The zero-order valence-corrected chi connectivity index (χ0v) is 17.0. The van der Waals surface area contributed by atoms with E-state index >= 15 is 0 Å². The van der Waals surface area contributed by atoms with E-state index in [9.17, 15) is 9.59 Å². The second kappa shape index (κ2) is 10.5. The number of rotatable bonds is 8. The number of aliphatic hydroxyl groups is 1. The molecule has 2 aromatic carbocycles. The van der Waals surface area contributed by atoms with Crippen LogP contribution in [0, 0.1) is 0 Å². The smallest absolute Gasteiger partial charge is 0.412 e. The largest absolute Gasteiger partial charge is 0.489 e. The van der Waals surface area contributed by atoms with Crippen LogP contribution < -0.4 is 15.4 Å². The van der Waals surface area contributed by atoms with Crippen LogP contribution in [0.15, 0.2) is 48.5 Å². The van der Waals surface area contributed by atoms with Crippen molar-refractivity contribution in [3.63, 3.8) is 0 Å². The van der Waals surface area contributed by atoms with E-state index in [0.717, 1.165) is 11.1 Å². The van der Waals surface area contributed by atoms with Gasteiger partial charge in [-0.15, -0.1) is 0 Å². The Hall–Kier alpha value is -3.06. The molecule has 0 aliphatic heterocycles. The van der Waals surface area contributed by atoms with Gasteiger partial charge in [-0.25, -0.2) is 4.79 Å². The van der Waals surface area contributed by atoms with E-state index in [0.29, 0.717) is 18.0 Å². The van der Waals surface area contributed by atoms with Crippen molar-refractivity contribution < 1.29 is 24.2 Å². The highest BCUT2D eigenvalue weighted by molar-refractivity contribution is 5.84. The number of ether oxygens (including phenoxy) is 2. The molecule has 0 aliphatic carbocycles. The first-order chi connectivity index (χ1) is 13.7. The molecule has 2 aromatic rings. The zero-order valence-electron chi connectivity index (χ0n) is 17.0. The van der Waals surface area contributed by atoms with Crippen LogP contribution in [0.1, 0.15) is 31.9 Å². The van der Waals surface area contributed by atoms with Gasteiger partial charge < -0.3 is 19.9 Å². The van der Waals surface area contributed by atoms with Crippen molar-refractivity contribution in [3.8, 4) is 5.75 Å². The van der Waals surface area contributed by atoms with Gasteiger partial charge in [-0.05, 0) is 56.2 Å². The minimum Gasteiger partial charge on any atom is -0.489 e. The zero-order chi connectivity index (χ0) is 21.3. The SMILES string of the molecule is CC(C)(C)OC(=O)Nc1cccc(COc2ccc(CC(=O)NCCO)cc2)c1. The fourth-order valence-corrected chi connectivity index (χ4v) is 2.47. The normalized spacial score (nSPS) is 10.9. The lowest BCUT2D eigenvalue weighted by Gasteiger charge is -2.19. The lowest BCUT2D eigenvalue weighted by molar-refractivity contribution is -0.120. The van der Waals surface area contributed by atoms with Crippen LogP contribution in [0.5, 0.6) is 5.75 Å². The maximum Gasteiger partial charge on any atom is 0.412 e. The van der Waals surface area contributed by atoms with E-state index in [1.54, 1.807) is 18.2 Å². The minimum atomic E-state index is -0.559. The van der Waals surface area contributed by atoms with Gasteiger partial charge >= 0.3 is 6.09 Å². The van der Waals surface area contributed by atoms with Gasteiger partial charge in [0, 0.05) is 12.2 Å². The molecule has 0 aromatic heterocycles. The first-order valence-electron chi connectivity index (χ1n) is 9.43. The molecule has 29 heavy (non-hydrogen) atoms. The van der Waals surface area contributed by atoms with Crippen molar-refractivity contribution in [2.45, 2.75) is 39.4 Å². The van der Waals surface area contributed by atoms with Crippen LogP contribution >= 0.6 is 0 Å². The second-order valence-corrected chi connectivity index (χ2v) is 7.51. The first-order valence-corrected chi connectivity index (χ1v) is 9.43. The molecule has 0 radical (unpaired) electrons. The topological polar surface area (TPSA) is 96.9 Å². The van der Waals surface area contributed by atoms with Crippen molar-refractivity contribution in [2.75, 3.05) is 18.5 Å². The molecule has 156 valence electrons.